The predicted molar refractivity (Wildman–Crippen MR) is 104 cm³/mol. The molecule has 1 aromatic heterocycles. The van der Waals surface area contributed by atoms with Crippen LogP contribution in [0, 0.1) is 5.92 Å². The zero-order valence-corrected chi connectivity index (χ0v) is 16.1. The summed E-state index contributed by atoms with van der Waals surface area (Å²) in [4.78, 5) is 4.40. The number of fused-ring (bicyclic) bond motifs is 1. The number of pyridine rings is 1. The first-order chi connectivity index (χ1) is 13.0. The van der Waals surface area contributed by atoms with Crippen LogP contribution in [0.5, 0.6) is 0 Å². The van der Waals surface area contributed by atoms with Gasteiger partial charge in [0.25, 0.3) is 0 Å². The van der Waals surface area contributed by atoms with Crippen LogP contribution in [0.4, 0.5) is 0 Å². The summed E-state index contributed by atoms with van der Waals surface area (Å²) in [6.07, 6.45) is 5.50. The minimum atomic E-state index is -3.55. The highest BCUT2D eigenvalue weighted by atomic mass is 32.2. The molecule has 1 aliphatic heterocycles. The van der Waals surface area contributed by atoms with Crippen LogP contribution in [0.25, 0.3) is 10.8 Å². The molecule has 0 spiro atoms. The van der Waals surface area contributed by atoms with Gasteiger partial charge in [0.15, 0.2) is 0 Å². The molecule has 0 amide bonds. The highest BCUT2D eigenvalue weighted by Gasteiger charge is 2.32. The van der Waals surface area contributed by atoms with E-state index in [9.17, 15) is 8.42 Å². The number of rotatable bonds is 8. The first-order valence-electron chi connectivity index (χ1n) is 9.31. The standard InChI is InChI=1S/C19H27N3O4S/c20-18(7-12-26-13-11-23)15-5-9-22(10-6-15)27(24,25)19-3-1-2-16-14-21-8-4-17(16)19/h1-4,8,14-15,18,23H,5-7,9-13,20H2. The first-order valence-corrected chi connectivity index (χ1v) is 10.7. The van der Waals surface area contributed by atoms with Crippen molar-refractivity contribution in [1.29, 1.82) is 0 Å². The molecule has 2 aromatic rings. The summed E-state index contributed by atoms with van der Waals surface area (Å²) in [5.74, 6) is 0.283. The van der Waals surface area contributed by atoms with E-state index in [1.54, 1.807) is 34.9 Å². The van der Waals surface area contributed by atoms with E-state index < -0.39 is 10.0 Å². The molecule has 27 heavy (non-hydrogen) atoms. The van der Waals surface area contributed by atoms with Crippen LogP contribution < -0.4 is 5.73 Å². The summed E-state index contributed by atoms with van der Waals surface area (Å²) >= 11 is 0. The number of hydrogen-bond donors (Lipinski definition) is 2. The van der Waals surface area contributed by atoms with Crippen LogP contribution >= 0.6 is 0 Å². The smallest absolute Gasteiger partial charge is 0.243 e. The number of ether oxygens (including phenoxy) is 1. The number of nitrogens with two attached hydrogens (primary N) is 1. The fraction of sp³-hybridized carbons (Fsp3) is 0.526. The zero-order chi connectivity index (χ0) is 19.3. The molecule has 148 valence electrons. The Labute approximate surface area is 160 Å². The van der Waals surface area contributed by atoms with Crippen molar-refractivity contribution in [2.24, 2.45) is 11.7 Å². The van der Waals surface area contributed by atoms with Gasteiger partial charge in [-0.2, -0.15) is 4.31 Å². The number of aliphatic hydroxyl groups excluding tert-OH is 1. The lowest BCUT2D eigenvalue weighted by molar-refractivity contribution is 0.0820. The van der Waals surface area contributed by atoms with Gasteiger partial charge in [-0.05, 0) is 37.3 Å². The topological polar surface area (TPSA) is 106 Å². The maximum atomic E-state index is 13.2. The van der Waals surface area contributed by atoms with Gasteiger partial charge in [-0.1, -0.05) is 12.1 Å². The van der Waals surface area contributed by atoms with Crippen molar-refractivity contribution in [3.8, 4) is 0 Å². The van der Waals surface area contributed by atoms with E-state index in [1.807, 2.05) is 6.07 Å². The Balaban J connectivity index is 1.65. The lowest BCUT2D eigenvalue weighted by Gasteiger charge is -2.34. The summed E-state index contributed by atoms with van der Waals surface area (Å²) in [5.41, 5.74) is 6.25. The van der Waals surface area contributed by atoms with Gasteiger partial charge in [0, 0.05) is 48.9 Å². The molecule has 1 fully saturated rings. The molecule has 1 aliphatic rings. The molecule has 8 heteroatoms. The van der Waals surface area contributed by atoms with E-state index in [-0.39, 0.29) is 18.6 Å². The Morgan fingerprint density at radius 1 is 1.26 bits per heavy atom. The van der Waals surface area contributed by atoms with Gasteiger partial charge in [-0.3, -0.25) is 4.98 Å². The highest BCUT2D eigenvalue weighted by Crippen LogP contribution is 2.29. The molecule has 1 atom stereocenters. The average Bonchev–Trinajstić information content (AvgIpc) is 2.70. The Hall–Kier alpha value is -1.58. The van der Waals surface area contributed by atoms with Crippen molar-refractivity contribution < 1.29 is 18.3 Å². The van der Waals surface area contributed by atoms with Gasteiger partial charge < -0.3 is 15.6 Å². The fourth-order valence-electron chi connectivity index (χ4n) is 3.62. The largest absolute Gasteiger partial charge is 0.394 e. The second-order valence-electron chi connectivity index (χ2n) is 6.88. The molecule has 1 aromatic carbocycles. The quantitative estimate of drug-likeness (QED) is 0.656. The SMILES string of the molecule is NC(CCOCCO)C1CCN(S(=O)(=O)c2cccc3cnccc23)CC1. The molecule has 7 nitrogen and oxygen atoms in total. The molecule has 2 heterocycles. The number of benzene rings is 1. The van der Waals surface area contributed by atoms with Gasteiger partial charge in [-0.25, -0.2) is 8.42 Å². The average molecular weight is 394 g/mol. The van der Waals surface area contributed by atoms with E-state index in [2.05, 4.69) is 4.98 Å². The molecular weight excluding hydrogens is 366 g/mol. The Morgan fingerprint density at radius 3 is 2.78 bits per heavy atom. The summed E-state index contributed by atoms with van der Waals surface area (Å²) < 4.78 is 33.1. The second kappa shape index (κ2) is 9.07. The number of hydrogen-bond acceptors (Lipinski definition) is 6. The van der Waals surface area contributed by atoms with E-state index in [0.29, 0.717) is 43.0 Å². The molecule has 1 unspecified atom stereocenters. The summed E-state index contributed by atoms with van der Waals surface area (Å²) in [7, 11) is -3.55. The van der Waals surface area contributed by atoms with E-state index in [4.69, 9.17) is 15.6 Å². The monoisotopic (exact) mass is 393 g/mol. The molecule has 0 radical (unpaired) electrons. The van der Waals surface area contributed by atoms with Crippen LogP contribution in [0.15, 0.2) is 41.6 Å². The molecule has 3 rings (SSSR count). The molecular formula is C19H27N3O4S. The molecule has 0 aliphatic carbocycles. The van der Waals surface area contributed by atoms with Gasteiger partial charge in [0.05, 0.1) is 18.1 Å². The minimum Gasteiger partial charge on any atom is -0.394 e. The van der Waals surface area contributed by atoms with Crippen molar-refractivity contribution >= 4 is 20.8 Å². The third-order valence-corrected chi connectivity index (χ3v) is 7.15. The first kappa shape index (κ1) is 20.2. The molecule has 0 saturated carbocycles. The van der Waals surface area contributed by atoms with E-state index in [1.165, 1.54) is 0 Å². The van der Waals surface area contributed by atoms with Crippen molar-refractivity contribution in [1.82, 2.24) is 9.29 Å². The van der Waals surface area contributed by atoms with Crippen LogP contribution in [0.3, 0.4) is 0 Å². The van der Waals surface area contributed by atoms with E-state index in [0.717, 1.165) is 18.2 Å². The zero-order valence-electron chi connectivity index (χ0n) is 15.3. The maximum Gasteiger partial charge on any atom is 0.243 e. The van der Waals surface area contributed by atoms with Gasteiger partial charge in [0.1, 0.15) is 0 Å². The van der Waals surface area contributed by atoms with Crippen molar-refractivity contribution in [3.63, 3.8) is 0 Å². The lowest BCUT2D eigenvalue weighted by Crippen LogP contribution is -2.43. The highest BCUT2D eigenvalue weighted by molar-refractivity contribution is 7.89. The molecule has 3 N–H and O–H groups in total. The Bertz CT molecular complexity index is 846. The maximum absolute atomic E-state index is 13.2. The Morgan fingerprint density at radius 2 is 2.04 bits per heavy atom. The Kier molecular flexibility index (Phi) is 6.78. The number of aliphatic hydroxyl groups is 1. The van der Waals surface area contributed by atoms with Crippen molar-refractivity contribution in [2.75, 3.05) is 32.9 Å². The number of sulfonamides is 1. The third kappa shape index (κ3) is 4.64. The number of aromatic nitrogens is 1. The third-order valence-electron chi connectivity index (χ3n) is 5.19. The number of nitrogens with zero attached hydrogens (tertiary/aromatic N) is 2. The molecule has 1 saturated heterocycles. The van der Waals surface area contributed by atoms with Crippen LogP contribution in [-0.2, 0) is 14.8 Å². The normalized spacial score (nSPS) is 18.0. The summed E-state index contributed by atoms with van der Waals surface area (Å²) in [6.45, 7) is 1.79. The van der Waals surface area contributed by atoms with Crippen LogP contribution in [0.1, 0.15) is 19.3 Å². The number of piperidine rings is 1. The fourth-order valence-corrected chi connectivity index (χ4v) is 5.31. The summed E-state index contributed by atoms with van der Waals surface area (Å²) in [5, 5.41) is 10.2. The van der Waals surface area contributed by atoms with Gasteiger partial charge in [-0.15, -0.1) is 0 Å². The van der Waals surface area contributed by atoms with Gasteiger partial charge >= 0.3 is 0 Å². The molecule has 0 bridgehead atoms. The summed E-state index contributed by atoms with van der Waals surface area (Å²) in [6, 6.07) is 7.01. The lowest BCUT2D eigenvalue weighted by atomic mass is 9.89. The second-order valence-corrected chi connectivity index (χ2v) is 8.79. The predicted octanol–water partition coefficient (Wildman–Crippen LogP) is 1.36. The van der Waals surface area contributed by atoms with Crippen molar-refractivity contribution in [3.05, 3.63) is 36.7 Å². The van der Waals surface area contributed by atoms with E-state index >= 15 is 0 Å². The van der Waals surface area contributed by atoms with Gasteiger partial charge in [0.2, 0.25) is 10.0 Å². The van der Waals surface area contributed by atoms with Crippen LogP contribution in [-0.4, -0.2) is 61.8 Å². The van der Waals surface area contributed by atoms with Crippen LogP contribution in [0.2, 0.25) is 0 Å². The van der Waals surface area contributed by atoms with Crippen molar-refractivity contribution in [2.45, 2.75) is 30.2 Å². The minimum absolute atomic E-state index is 0.00964.